The zero-order valence-corrected chi connectivity index (χ0v) is 21.2. The Morgan fingerprint density at radius 1 is 0.946 bits per heavy atom. The molecule has 0 saturated carbocycles. The summed E-state index contributed by atoms with van der Waals surface area (Å²) in [6.07, 6.45) is 3.59. The highest BCUT2D eigenvalue weighted by molar-refractivity contribution is 6.30. The van der Waals surface area contributed by atoms with E-state index in [4.69, 9.17) is 25.8 Å². The van der Waals surface area contributed by atoms with Crippen LogP contribution in [0.25, 0.3) is 5.70 Å². The van der Waals surface area contributed by atoms with Crippen LogP contribution < -0.4 is 24.8 Å². The van der Waals surface area contributed by atoms with Crippen LogP contribution in [0.15, 0.2) is 79.0 Å². The third-order valence-electron chi connectivity index (χ3n) is 6.12. The van der Waals surface area contributed by atoms with Crippen molar-refractivity contribution in [3.05, 3.63) is 101 Å². The van der Waals surface area contributed by atoms with E-state index in [2.05, 4.69) is 15.7 Å². The predicted octanol–water partition coefficient (Wildman–Crippen LogP) is 5.87. The van der Waals surface area contributed by atoms with Crippen molar-refractivity contribution in [2.24, 2.45) is 0 Å². The number of amides is 1. The van der Waals surface area contributed by atoms with Crippen molar-refractivity contribution >= 4 is 34.7 Å². The first-order chi connectivity index (χ1) is 18.0. The van der Waals surface area contributed by atoms with E-state index in [0.717, 1.165) is 16.8 Å². The van der Waals surface area contributed by atoms with Gasteiger partial charge in [-0.3, -0.25) is 4.79 Å². The first-order valence-electron chi connectivity index (χ1n) is 11.5. The molecule has 4 aromatic rings. The number of ether oxygens (including phenoxy) is 3. The number of fused-ring (bicyclic) bond motifs is 1. The van der Waals surface area contributed by atoms with Crippen LogP contribution in [0.1, 0.15) is 27.5 Å². The van der Waals surface area contributed by atoms with Gasteiger partial charge in [-0.1, -0.05) is 41.9 Å². The SMILES string of the molecule is COc1ccc(C2C=C(c3ccccc3)Nc3c(C(=O)Nc4ccc(Cl)cc4)cnn32)c(OC)c1OC. The number of anilines is 2. The minimum atomic E-state index is -0.404. The average Bonchev–Trinajstić information content (AvgIpc) is 3.37. The van der Waals surface area contributed by atoms with Crippen LogP contribution in [-0.2, 0) is 0 Å². The summed E-state index contributed by atoms with van der Waals surface area (Å²) in [6, 6.07) is 20.1. The first kappa shape index (κ1) is 24.3. The van der Waals surface area contributed by atoms with Gasteiger partial charge in [0, 0.05) is 22.0 Å². The third-order valence-corrected chi connectivity index (χ3v) is 6.37. The lowest BCUT2D eigenvalue weighted by molar-refractivity contribution is 0.102. The van der Waals surface area contributed by atoms with Gasteiger partial charge in [0.25, 0.3) is 5.91 Å². The molecule has 0 fully saturated rings. The third kappa shape index (κ3) is 4.59. The molecule has 1 aromatic heterocycles. The summed E-state index contributed by atoms with van der Waals surface area (Å²) in [5.41, 5.74) is 3.60. The molecule has 2 heterocycles. The van der Waals surface area contributed by atoms with E-state index in [9.17, 15) is 4.79 Å². The second kappa shape index (κ2) is 10.3. The molecule has 0 aliphatic carbocycles. The van der Waals surface area contributed by atoms with E-state index in [1.165, 1.54) is 0 Å². The van der Waals surface area contributed by atoms with Crippen LogP contribution in [0, 0.1) is 0 Å². The largest absolute Gasteiger partial charge is 0.493 e. The Bertz CT molecular complexity index is 1470. The summed E-state index contributed by atoms with van der Waals surface area (Å²) in [5.74, 6) is 1.79. The van der Waals surface area contributed by atoms with Gasteiger partial charge in [-0.2, -0.15) is 5.10 Å². The minimum absolute atomic E-state index is 0.302. The lowest BCUT2D eigenvalue weighted by Gasteiger charge is -2.28. The lowest BCUT2D eigenvalue weighted by Crippen LogP contribution is -2.22. The molecule has 8 nitrogen and oxygen atoms in total. The Hall–Kier alpha value is -4.43. The molecule has 37 heavy (non-hydrogen) atoms. The smallest absolute Gasteiger partial charge is 0.261 e. The molecular formula is C28H25ClN4O4. The maximum atomic E-state index is 13.3. The maximum Gasteiger partial charge on any atom is 0.261 e. The number of nitrogens with one attached hydrogen (secondary N) is 2. The summed E-state index contributed by atoms with van der Waals surface area (Å²) in [6.45, 7) is 0. The van der Waals surface area contributed by atoms with Crippen molar-refractivity contribution in [2.75, 3.05) is 32.0 Å². The normalized spacial score (nSPS) is 14.2. The second-order valence-corrected chi connectivity index (χ2v) is 8.69. The van der Waals surface area contributed by atoms with E-state index < -0.39 is 6.04 Å². The highest BCUT2D eigenvalue weighted by Crippen LogP contribution is 2.45. The molecule has 1 unspecified atom stereocenters. The predicted molar refractivity (Wildman–Crippen MR) is 144 cm³/mol. The van der Waals surface area contributed by atoms with Crippen molar-refractivity contribution in [2.45, 2.75) is 6.04 Å². The number of carbonyl (C=O) groups is 1. The molecule has 0 bridgehead atoms. The number of benzene rings is 3. The van der Waals surface area contributed by atoms with Gasteiger partial charge < -0.3 is 24.8 Å². The first-order valence-corrected chi connectivity index (χ1v) is 11.9. The standard InChI is InChI=1S/C28H25ClN4O4/c1-35-24-14-13-20(25(36-2)26(24)37-3)23-15-22(17-7-5-4-6-8-17)32-27-21(16-30-33(23)27)28(34)31-19-11-9-18(29)10-12-19/h4-16,23,32H,1-3H3,(H,31,34). The number of nitrogens with zero attached hydrogens (tertiary/aromatic N) is 2. The van der Waals surface area contributed by atoms with E-state index in [0.29, 0.717) is 39.3 Å². The molecule has 1 atom stereocenters. The monoisotopic (exact) mass is 516 g/mol. The number of halogens is 1. The van der Waals surface area contributed by atoms with Gasteiger partial charge in [-0.25, -0.2) is 4.68 Å². The Morgan fingerprint density at radius 2 is 1.68 bits per heavy atom. The highest BCUT2D eigenvalue weighted by atomic mass is 35.5. The zero-order chi connectivity index (χ0) is 25.9. The fourth-order valence-corrected chi connectivity index (χ4v) is 4.48. The molecule has 0 saturated heterocycles. The van der Waals surface area contributed by atoms with Gasteiger partial charge in [0.2, 0.25) is 5.75 Å². The number of methoxy groups -OCH3 is 3. The van der Waals surface area contributed by atoms with Crippen LogP contribution in [0.4, 0.5) is 11.5 Å². The molecule has 1 amide bonds. The van der Waals surface area contributed by atoms with Crippen LogP contribution >= 0.6 is 11.6 Å². The van der Waals surface area contributed by atoms with Gasteiger partial charge in [-0.05, 0) is 48.0 Å². The fourth-order valence-electron chi connectivity index (χ4n) is 4.36. The summed E-state index contributed by atoms with van der Waals surface area (Å²) < 4.78 is 18.6. The molecule has 0 spiro atoms. The van der Waals surface area contributed by atoms with Crippen LogP contribution in [0.3, 0.4) is 0 Å². The number of aromatic nitrogens is 2. The van der Waals surface area contributed by atoms with Crippen molar-refractivity contribution in [3.63, 3.8) is 0 Å². The van der Waals surface area contributed by atoms with Gasteiger partial charge in [0.15, 0.2) is 11.5 Å². The van der Waals surface area contributed by atoms with Crippen molar-refractivity contribution in [3.8, 4) is 17.2 Å². The van der Waals surface area contributed by atoms with Crippen LogP contribution in [-0.4, -0.2) is 37.0 Å². The number of carbonyl (C=O) groups excluding carboxylic acids is 1. The van der Waals surface area contributed by atoms with E-state index in [1.807, 2.05) is 48.5 Å². The van der Waals surface area contributed by atoms with Crippen LogP contribution in [0.5, 0.6) is 17.2 Å². The zero-order valence-electron chi connectivity index (χ0n) is 20.5. The maximum absolute atomic E-state index is 13.3. The lowest BCUT2D eigenvalue weighted by atomic mass is 9.99. The number of hydrogen-bond donors (Lipinski definition) is 2. The second-order valence-electron chi connectivity index (χ2n) is 8.25. The molecular weight excluding hydrogens is 492 g/mol. The van der Waals surface area contributed by atoms with Crippen molar-refractivity contribution < 1.29 is 19.0 Å². The highest BCUT2D eigenvalue weighted by Gasteiger charge is 2.31. The molecule has 3 aromatic carbocycles. The number of hydrogen-bond acceptors (Lipinski definition) is 6. The van der Waals surface area contributed by atoms with E-state index in [-0.39, 0.29) is 5.91 Å². The summed E-state index contributed by atoms with van der Waals surface area (Å²) in [4.78, 5) is 13.3. The number of allylic oxidation sites excluding steroid dienone is 1. The minimum Gasteiger partial charge on any atom is -0.493 e. The Morgan fingerprint density at radius 3 is 2.35 bits per heavy atom. The molecule has 1 aliphatic heterocycles. The average molecular weight is 517 g/mol. The number of rotatable bonds is 7. The van der Waals surface area contributed by atoms with Gasteiger partial charge in [-0.15, -0.1) is 0 Å². The molecule has 1 aliphatic rings. The summed E-state index contributed by atoms with van der Waals surface area (Å²) >= 11 is 5.99. The van der Waals surface area contributed by atoms with E-state index in [1.54, 1.807) is 56.5 Å². The quantitative estimate of drug-likeness (QED) is 0.319. The van der Waals surface area contributed by atoms with Crippen molar-refractivity contribution in [1.82, 2.24) is 9.78 Å². The van der Waals surface area contributed by atoms with Gasteiger partial charge >= 0.3 is 0 Å². The summed E-state index contributed by atoms with van der Waals surface area (Å²) in [5, 5.41) is 11.5. The molecule has 0 radical (unpaired) electrons. The van der Waals surface area contributed by atoms with E-state index >= 15 is 0 Å². The molecule has 188 valence electrons. The van der Waals surface area contributed by atoms with Gasteiger partial charge in [0.05, 0.1) is 27.5 Å². The van der Waals surface area contributed by atoms with Crippen molar-refractivity contribution in [1.29, 1.82) is 0 Å². The fraction of sp³-hybridized carbons (Fsp3) is 0.143. The van der Waals surface area contributed by atoms with Gasteiger partial charge in [0.1, 0.15) is 17.4 Å². The molecule has 9 heteroatoms. The molecule has 2 N–H and O–H groups in total. The summed E-state index contributed by atoms with van der Waals surface area (Å²) in [7, 11) is 4.72. The topological polar surface area (TPSA) is 86.6 Å². The Kier molecular flexibility index (Phi) is 6.74. The Balaban J connectivity index is 1.62. The van der Waals surface area contributed by atoms with Crippen LogP contribution in [0.2, 0.25) is 5.02 Å². The Labute approximate surface area is 219 Å². The molecule has 5 rings (SSSR count).